The summed E-state index contributed by atoms with van der Waals surface area (Å²) >= 11 is 5.93. The van der Waals surface area contributed by atoms with Gasteiger partial charge in [-0.3, -0.25) is 9.59 Å². The van der Waals surface area contributed by atoms with Crippen molar-refractivity contribution < 1.29 is 9.59 Å². The van der Waals surface area contributed by atoms with Crippen molar-refractivity contribution in [3.05, 3.63) is 65.2 Å². The van der Waals surface area contributed by atoms with E-state index in [2.05, 4.69) is 24.3 Å². The van der Waals surface area contributed by atoms with Gasteiger partial charge in [0.1, 0.15) is 0 Å². The van der Waals surface area contributed by atoms with E-state index in [0.29, 0.717) is 23.9 Å². The summed E-state index contributed by atoms with van der Waals surface area (Å²) in [5.41, 5.74) is 2.18. The number of piperidine rings is 1. The lowest BCUT2D eigenvalue weighted by atomic mass is 9.89. The Balaban J connectivity index is 1.32. The first-order chi connectivity index (χ1) is 13.6. The minimum absolute atomic E-state index is 0.0136. The monoisotopic (exact) mass is 396 g/mol. The number of halogens is 1. The highest BCUT2D eigenvalue weighted by molar-refractivity contribution is 6.30. The number of nitrogens with zero attached hydrogens (tertiary/aromatic N) is 2. The molecule has 0 N–H and O–H groups in total. The molecule has 0 aliphatic carbocycles. The maximum absolute atomic E-state index is 13.0. The molecular formula is C23H25ClN2O2. The molecule has 0 spiro atoms. The fourth-order valence-electron chi connectivity index (χ4n) is 4.31. The van der Waals surface area contributed by atoms with Gasteiger partial charge in [0.15, 0.2) is 0 Å². The Morgan fingerprint density at radius 2 is 1.68 bits per heavy atom. The third-order valence-electron chi connectivity index (χ3n) is 5.91. The maximum atomic E-state index is 13.0. The van der Waals surface area contributed by atoms with E-state index in [1.165, 1.54) is 5.56 Å². The Kier molecular flexibility index (Phi) is 5.67. The van der Waals surface area contributed by atoms with E-state index in [9.17, 15) is 9.59 Å². The van der Waals surface area contributed by atoms with E-state index in [1.807, 2.05) is 23.1 Å². The largest absolute Gasteiger partial charge is 0.342 e. The average molecular weight is 397 g/mol. The van der Waals surface area contributed by atoms with Crippen molar-refractivity contribution in [3.63, 3.8) is 0 Å². The van der Waals surface area contributed by atoms with Crippen LogP contribution in [-0.4, -0.2) is 36.3 Å². The summed E-state index contributed by atoms with van der Waals surface area (Å²) < 4.78 is 0. The van der Waals surface area contributed by atoms with Gasteiger partial charge in [0.2, 0.25) is 11.8 Å². The molecule has 2 aliphatic rings. The van der Waals surface area contributed by atoms with Crippen molar-refractivity contribution in [1.29, 1.82) is 0 Å². The van der Waals surface area contributed by atoms with Crippen molar-refractivity contribution in [2.75, 3.05) is 24.5 Å². The lowest BCUT2D eigenvalue weighted by Crippen LogP contribution is -2.42. The maximum Gasteiger partial charge on any atom is 0.228 e. The number of carbonyl (C=O) groups excluding carboxylic acids is 2. The molecule has 0 saturated carbocycles. The molecule has 5 heteroatoms. The van der Waals surface area contributed by atoms with Gasteiger partial charge in [0.05, 0.1) is 5.92 Å². The molecule has 1 atom stereocenters. The molecule has 2 aliphatic heterocycles. The Hall–Kier alpha value is -2.33. The SMILES string of the molecule is O=C([C@@H]1CC(=O)N(c2ccc(Cl)cc2)C1)N1CCC(Cc2ccccc2)CC1. The van der Waals surface area contributed by atoms with Gasteiger partial charge in [-0.2, -0.15) is 0 Å². The average Bonchev–Trinajstić information content (AvgIpc) is 3.11. The Morgan fingerprint density at radius 3 is 2.36 bits per heavy atom. The molecule has 2 heterocycles. The van der Waals surface area contributed by atoms with Gasteiger partial charge in [0, 0.05) is 36.8 Å². The van der Waals surface area contributed by atoms with Crippen LogP contribution in [-0.2, 0) is 16.0 Å². The molecule has 0 bridgehead atoms. The smallest absolute Gasteiger partial charge is 0.228 e. The van der Waals surface area contributed by atoms with Crippen LogP contribution in [0.1, 0.15) is 24.8 Å². The van der Waals surface area contributed by atoms with Crippen LogP contribution in [0.3, 0.4) is 0 Å². The number of anilines is 1. The molecule has 2 aromatic carbocycles. The minimum Gasteiger partial charge on any atom is -0.342 e. The molecular weight excluding hydrogens is 372 g/mol. The number of hydrogen-bond acceptors (Lipinski definition) is 2. The second-order valence-electron chi connectivity index (χ2n) is 7.84. The standard InChI is InChI=1S/C23H25ClN2O2/c24-20-6-8-21(9-7-20)26-16-19(15-22(26)27)23(28)25-12-10-18(11-13-25)14-17-4-2-1-3-5-17/h1-9,18-19H,10-16H2/t19-/m1/s1. The molecule has 28 heavy (non-hydrogen) atoms. The summed E-state index contributed by atoms with van der Waals surface area (Å²) in [5.74, 6) is 0.527. The zero-order valence-corrected chi connectivity index (χ0v) is 16.6. The highest BCUT2D eigenvalue weighted by Gasteiger charge is 2.38. The first kappa shape index (κ1) is 19.0. The first-order valence-electron chi connectivity index (χ1n) is 9.99. The lowest BCUT2D eigenvalue weighted by Gasteiger charge is -2.33. The summed E-state index contributed by atoms with van der Waals surface area (Å²) in [6.07, 6.45) is 3.44. The van der Waals surface area contributed by atoms with Crippen molar-refractivity contribution >= 4 is 29.1 Å². The summed E-state index contributed by atoms with van der Waals surface area (Å²) in [6, 6.07) is 17.8. The predicted octanol–water partition coefficient (Wildman–Crippen LogP) is 4.17. The Bertz CT molecular complexity index is 829. The van der Waals surface area contributed by atoms with Gasteiger partial charge in [0.25, 0.3) is 0 Å². The van der Waals surface area contributed by atoms with Crippen molar-refractivity contribution in [2.45, 2.75) is 25.7 Å². The second kappa shape index (κ2) is 8.36. The zero-order chi connectivity index (χ0) is 19.5. The van der Waals surface area contributed by atoms with Crippen LogP contribution in [0.2, 0.25) is 5.02 Å². The third kappa shape index (κ3) is 4.22. The van der Waals surface area contributed by atoms with Crippen LogP contribution >= 0.6 is 11.6 Å². The zero-order valence-electron chi connectivity index (χ0n) is 15.9. The van der Waals surface area contributed by atoms with Crippen LogP contribution in [0.25, 0.3) is 0 Å². The number of amides is 2. The van der Waals surface area contributed by atoms with E-state index in [0.717, 1.165) is 38.0 Å². The summed E-state index contributed by atoms with van der Waals surface area (Å²) in [7, 11) is 0. The molecule has 2 fully saturated rings. The van der Waals surface area contributed by atoms with E-state index in [4.69, 9.17) is 11.6 Å². The fourth-order valence-corrected chi connectivity index (χ4v) is 4.43. The predicted molar refractivity (Wildman–Crippen MR) is 111 cm³/mol. The third-order valence-corrected chi connectivity index (χ3v) is 6.16. The minimum atomic E-state index is -0.242. The van der Waals surface area contributed by atoms with Crippen LogP contribution in [0.4, 0.5) is 5.69 Å². The van der Waals surface area contributed by atoms with Crippen LogP contribution < -0.4 is 4.90 Å². The van der Waals surface area contributed by atoms with Crippen LogP contribution in [0.15, 0.2) is 54.6 Å². The molecule has 2 aromatic rings. The van der Waals surface area contributed by atoms with Crippen LogP contribution in [0, 0.1) is 11.8 Å². The molecule has 0 unspecified atom stereocenters. The van der Waals surface area contributed by atoms with Gasteiger partial charge in [-0.25, -0.2) is 0 Å². The number of rotatable bonds is 4. The molecule has 2 saturated heterocycles. The summed E-state index contributed by atoms with van der Waals surface area (Å²) in [4.78, 5) is 29.1. The molecule has 4 nitrogen and oxygen atoms in total. The molecule has 2 amide bonds. The van der Waals surface area contributed by atoms with E-state index < -0.39 is 0 Å². The Morgan fingerprint density at radius 1 is 1.00 bits per heavy atom. The van der Waals surface area contributed by atoms with E-state index in [-0.39, 0.29) is 17.7 Å². The van der Waals surface area contributed by atoms with Crippen molar-refractivity contribution in [1.82, 2.24) is 4.90 Å². The van der Waals surface area contributed by atoms with Gasteiger partial charge in [-0.15, -0.1) is 0 Å². The topological polar surface area (TPSA) is 40.6 Å². The molecule has 4 rings (SSSR count). The molecule has 146 valence electrons. The van der Waals surface area contributed by atoms with E-state index >= 15 is 0 Å². The first-order valence-corrected chi connectivity index (χ1v) is 10.4. The van der Waals surface area contributed by atoms with Crippen LogP contribution in [0.5, 0.6) is 0 Å². The number of benzene rings is 2. The molecule has 0 aromatic heterocycles. The van der Waals surface area contributed by atoms with Gasteiger partial charge in [-0.1, -0.05) is 41.9 Å². The number of carbonyl (C=O) groups is 2. The Labute approximate surface area is 171 Å². The quantitative estimate of drug-likeness (QED) is 0.778. The highest BCUT2D eigenvalue weighted by atomic mass is 35.5. The van der Waals surface area contributed by atoms with Crippen molar-refractivity contribution in [3.8, 4) is 0 Å². The van der Waals surface area contributed by atoms with Gasteiger partial charge in [-0.05, 0) is 55.0 Å². The molecule has 0 radical (unpaired) electrons. The normalized spacial score (nSPS) is 20.6. The lowest BCUT2D eigenvalue weighted by molar-refractivity contribution is -0.137. The van der Waals surface area contributed by atoms with Crippen molar-refractivity contribution in [2.24, 2.45) is 11.8 Å². The van der Waals surface area contributed by atoms with Gasteiger partial charge < -0.3 is 9.80 Å². The second-order valence-corrected chi connectivity index (χ2v) is 8.28. The number of likely N-dealkylation sites (tertiary alicyclic amines) is 1. The van der Waals surface area contributed by atoms with E-state index in [1.54, 1.807) is 17.0 Å². The summed E-state index contributed by atoms with van der Waals surface area (Å²) in [6.45, 7) is 2.05. The highest BCUT2D eigenvalue weighted by Crippen LogP contribution is 2.29. The fraction of sp³-hybridized carbons (Fsp3) is 0.391. The van der Waals surface area contributed by atoms with Gasteiger partial charge >= 0.3 is 0 Å². The summed E-state index contributed by atoms with van der Waals surface area (Å²) in [5, 5.41) is 0.640. The number of hydrogen-bond donors (Lipinski definition) is 0.